The summed E-state index contributed by atoms with van der Waals surface area (Å²) in [4.78, 5) is 21.0. The quantitative estimate of drug-likeness (QED) is 0.608. The van der Waals surface area contributed by atoms with Crippen molar-refractivity contribution in [1.29, 1.82) is 0 Å². The molecule has 9 heteroatoms. The second-order valence-electron chi connectivity index (χ2n) is 4.92. The van der Waals surface area contributed by atoms with Gasteiger partial charge in [0.25, 0.3) is 5.91 Å². The average molecular weight is 322 g/mol. The highest BCUT2D eigenvalue weighted by molar-refractivity contribution is 5.85. The lowest BCUT2D eigenvalue weighted by Gasteiger charge is -2.18. The Hall–Kier alpha value is -1.93. The van der Waals surface area contributed by atoms with E-state index in [0.29, 0.717) is 0 Å². The van der Waals surface area contributed by atoms with Gasteiger partial charge in [-0.25, -0.2) is 0 Å². The van der Waals surface area contributed by atoms with E-state index in [-0.39, 0.29) is 31.3 Å². The molecule has 0 radical (unpaired) electrons. The molecule has 0 aliphatic heterocycles. The first kappa shape index (κ1) is 19.1. The molecule has 0 atom stereocenters. The topological polar surface area (TPSA) is 107 Å². The number of nitro benzene ring substituents is 1. The Kier molecular flexibility index (Phi) is 7.04. The van der Waals surface area contributed by atoms with Crippen LogP contribution < -0.4 is 15.8 Å². The van der Waals surface area contributed by atoms with E-state index in [4.69, 9.17) is 10.5 Å². The van der Waals surface area contributed by atoms with Crippen LogP contribution in [0.15, 0.2) is 18.2 Å². The molecule has 3 N–H and O–H groups in total. The molecule has 0 saturated carbocycles. The van der Waals surface area contributed by atoms with Crippen molar-refractivity contribution in [2.45, 2.75) is 19.4 Å². The number of nitrogens with zero attached hydrogens (tertiary/aromatic N) is 1. The number of nitrogens with one attached hydrogen (secondary N) is 1. The summed E-state index contributed by atoms with van der Waals surface area (Å²) in [7, 11) is 0. The molecule has 0 bridgehead atoms. The van der Waals surface area contributed by atoms with Crippen molar-refractivity contribution in [3.8, 4) is 5.75 Å². The Morgan fingerprint density at radius 2 is 2.14 bits per heavy atom. The van der Waals surface area contributed by atoms with E-state index in [1.54, 1.807) is 13.8 Å². The fraction of sp³-hybridized carbons (Fsp3) is 0.417. The van der Waals surface area contributed by atoms with Crippen molar-refractivity contribution in [3.05, 3.63) is 34.1 Å². The molecule has 0 aromatic heterocycles. The van der Waals surface area contributed by atoms with E-state index in [2.05, 4.69) is 5.32 Å². The second kappa shape index (κ2) is 7.75. The first-order valence-corrected chi connectivity index (χ1v) is 5.81. The van der Waals surface area contributed by atoms with Gasteiger partial charge in [-0.15, -0.1) is 12.4 Å². The summed E-state index contributed by atoms with van der Waals surface area (Å²) >= 11 is 0. The number of nitrogens with two attached hydrogens (primary N) is 1. The number of carbonyl (C=O) groups excluding carboxylic acids is 1. The van der Waals surface area contributed by atoms with Gasteiger partial charge in [-0.05, 0) is 19.9 Å². The molecule has 1 rings (SSSR count). The zero-order valence-corrected chi connectivity index (χ0v) is 12.4. The SMILES string of the molecule is CC(C)(N)CNC(=O)COc1ccc([N+](=O)[O-])c(F)c1.Cl. The van der Waals surface area contributed by atoms with Gasteiger partial charge in [0.1, 0.15) is 5.75 Å². The molecule has 21 heavy (non-hydrogen) atoms. The van der Waals surface area contributed by atoms with E-state index < -0.39 is 27.9 Å². The van der Waals surface area contributed by atoms with E-state index in [0.717, 1.165) is 12.1 Å². The fourth-order valence-electron chi connectivity index (χ4n) is 1.25. The lowest BCUT2D eigenvalue weighted by Crippen LogP contribution is -2.46. The molecule has 0 unspecified atom stereocenters. The predicted molar refractivity (Wildman–Crippen MR) is 77.1 cm³/mol. The third kappa shape index (κ3) is 6.87. The summed E-state index contributed by atoms with van der Waals surface area (Å²) in [6.07, 6.45) is 0. The Labute approximate surface area is 127 Å². The number of ether oxygens (including phenoxy) is 1. The Balaban J connectivity index is 0.00000400. The summed E-state index contributed by atoms with van der Waals surface area (Å²) in [6, 6.07) is 3.06. The van der Waals surface area contributed by atoms with Gasteiger partial charge in [0.05, 0.1) is 4.92 Å². The van der Waals surface area contributed by atoms with Gasteiger partial charge in [-0.3, -0.25) is 14.9 Å². The monoisotopic (exact) mass is 321 g/mol. The highest BCUT2D eigenvalue weighted by Crippen LogP contribution is 2.22. The molecule has 1 aromatic carbocycles. The van der Waals surface area contributed by atoms with Crippen LogP contribution in [0.1, 0.15) is 13.8 Å². The van der Waals surface area contributed by atoms with E-state index in [9.17, 15) is 19.3 Å². The molecule has 0 spiro atoms. The second-order valence-corrected chi connectivity index (χ2v) is 4.92. The maximum absolute atomic E-state index is 13.3. The number of nitro groups is 1. The molecule has 118 valence electrons. The number of benzene rings is 1. The third-order valence-electron chi connectivity index (χ3n) is 2.23. The molecule has 0 aliphatic carbocycles. The van der Waals surface area contributed by atoms with Gasteiger partial charge >= 0.3 is 5.69 Å². The first-order valence-electron chi connectivity index (χ1n) is 5.81. The molecular weight excluding hydrogens is 305 g/mol. The zero-order valence-electron chi connectivity index (χ0n) is 11.6. The summed E-state index contributed by atoms with van der Waals surface area (Å²) in [6.45, 7) is 3.44. The highest BCUT2D eigenvalue weighted by Gasteiger charge is 2.15. The number of halogens is 2. The van der Waals surface area contributed by atoms with Crippen LogP contribution in [0.2, 0.25) is 0 Å². The first-order chi connectivity index (χ1) is 9.19. The number of hydrogen-bond acceptors (Lipinski definition) is 5. The van der Waals surface area contributed by atoms with Crippen molar-refractivity contribution in [3.63, 3.8) is 0 Å². The van der Waals surface area contributed by atoms with Crippen LogP contribution >= 0.6 is 12.4 Å². The van der Waals surface area contributed by atoms with Crippen LogP contribution in [-0.4, -0.2) is 29.5 Å². The summed E-state index contributed by atoms with van der Waals surface area (Å²) < 4.78 is 18.3. The molecular formula is C12H17ClFN3O4. The number of hydrogen-bond donors (Lipinski definition) is 2. The Morgan fingerprint density at radius 1 is 1.52 bits per heavy atom. The normalized spacial score (nSPS) is 10.5. The molecule has 1 aromatic rings. The smallest absolute Gasteiger partial charge is 0.305 e. The van der Waals surface area contributed by atoms with Gasteiger partial charge < -0.3 is 15.8 Å². The van der Waals surface area contributed by atoms with E-state index in [1.165, 1.54) is 6.07 Å². The van der Waals surface area contributed by atoms with Gasteiger partial charge in [-0.2, -0.15) is 4.39 Å². The maximum Gasteiger partial charge on any atom is 0.305 e. The van der Waals surface area contributed by atoms with E-state index in [1.807, 2.05) is 0 Å². The lowest BCUT2D eigenvalue weighted by molar-refractivity contribution is -0.387. The summed E-state index contributed by atoms with van der Waals surface area (Å²) in [5.74, 6) is -1.39. The van der Waals surface area contributed by atoms with Crippen molar-refractivity contribution in [1.82, 2.24) is 5.32 Å². The summed E-state index contributed by atoms with van der Waals surface area (Å²) in [5, 5.41) is 13.0. The molecule has 1 amide bonds. The average Bonchev–Trinajstić information content (AvgIpc) is 2.32. The minimum atomic E-state index is -1.02. The lowest BCUT2D eigenvalue weighted by atomic mass is 10.1. The summed E-state index contributed by atoms with van der Waals surface area (Å²) in [5.41, 5.74) is 4.49. The van der Waals surface area contributed by atoms with Crippen LogP contribution in [0, 0.1) is 15.9 Å². The number of carbonyl (C=O) groups is 1. The van der Waals surface area contributed by atoms with Crippen molar-refractivity contribution >= 4 is 24.0 Å². The minimum absolute atomic E-state index is 0. The van der Waals surface area contributed by atoms with Gasteiger partial charge in [0, 0.05) is 24.2 Å². The Bertz CT molecular complexity index is 520. The van der Waals surface area contributed by atoms with Crippen molar-refractivity contribution in [2.75, 3.05) is 13.2 Å². The van der Waals surface area contributed by atoms with Crippen LogP contribution in [0.5, 0.6) is 5.75 Å². The van der Waals surface area contributed by atoms with Crippen molar-refractivity contribution < 1.29 is 18.8 Å². The molecule has 0 aliphatic rings. The molecule has 0 fully saturated rings. The molecule has 7 nitrogen and oxygen atoms in total. The third-order valence-corrected chi connectivity index (χ3v) is 2.23. The van der Waals surface area contributed by atoms with Gasteiger partial charge in [0.2, 0.25) is 5.82 Å². The Morgan fingerprint density at radius 3 is 2.62 bits per heavy atom. The number of rotatable bonds is 6. The van der Waals surface area contributed by atoms with Crippen LogP contribution in [0.25, 0.3) is 0 Å². The zero-order chi connectivity index (χ0) is 15.3. The predicted octanol–water partition coefficient (Wildman–Crippen LogP) is 1.39. The van der Waals surface area contributed by atoms with Gasteiger partial charge in [-0.1, -0.05) is 0 Å². The number of amides is 1. The maximum atomic E-state index is 13.3. The van der Waals surface area contributed by atoms with Crippen LogP contribution in [-0.2, 0) is 4.79 Å². The van der Waals surface area contributed by atoms with Crippen molar-refractivity contribution in [2.24, 2.45) is 5.73 Å². The van der Waals surface area contributed by atoms with Gasteiger partial charge in [0.15, 0.2) is 6.61 Å². The van der Waals surface area contributed by atoms with E-state index >= 15 is 0 Å². The van der Waals surface area contributed by atoms with Crippen LogP contribution in [0.4, 0.5) is 10.1 Å². The largest absolute Gasteiger partial charge is 0.484 e. The fourth-order valence-corrected chi connectivity index (χ4v) is 1.25. The van der Waals surface area contributed by atoms with Crippen LogP contribution in [0.3, 0.4) is 0 Å². The minimum Gasteiger partial charge on any atom is -0.484 e. The standard InChI is InChI=1S/C12H16FN3O4.ClH/c1-12(2,14)7-15-11(17)6-20-8-3-4-10(16(18)19)9(13)5-8;/h3-5H,6-7,14H2,1-2H3,(H,15,17);1H. The molecule has 0 saturated heterocycles. The molecule has 0 heterocycles. The highest BCUT2D eigenvalue weighted by atomic mass is 35.5.